The predicted octanol–water partition coefficient (Wildman–Crippen LogP) is 18.5. The van der Waals surface area contributed by atoms with Crippen LogP contribution < -0.4 is 4.90 Å². The van der Waals surface area contributed by atoms with Gasteiger partial charge in [0.05, 0.1) is 16.8 Å². The van der Waals surface area contributed by atoms with E-state index in [1.807, 2.05) is 12.1 Å². The minimum Gasteiger partial charge on any atom is -0.456 e. The molecule has 0 bridgehead atoms. The summed E-state index contributed by atoms with van der Waals surface area (Å²) in [4.78, 5) is 2.30. The molecule has 71 heavy (non-hydrogen) atoms. The third kappa shape index (κ3) is 5.12. The molecule has 4 heteroatoms. The molecule has 3 aromatic heterocycles. The predicted molar refractivity (Wildman–Crippen MR) is 290 cm³/mol. The fourth-order valence-electron chi connectivity index (χ4n) is 12.7. The number of rotatable bonds is 5. The van der Waals surface area contributed by atoms with E-state index >= 15 is 0 Å². The Morgan fingerprint density at radius 1 is 0.296 bits per heavy atom. The SMILES string of the molecule is c1ccc(-c2ccc(N(c3cccc4c3oc3ccccc34)c3cccc4c3oc3c(-c5cccc6c5-c5ccccc5C65c6ccccc6-c6ccccc65)c5c(cc34)oc3ccccc35)cc2)cc1. The third-order valence-electron chi connectivity index (χ3n) is 15.5. The van der Waals surface area contributed by atoms with Crippen LogP contribution in [0.1, 0.15) is 22.3 Å². The van der Waals surface area contributed by atoms with Crippen molar-refractivity contribution in [1.29, 1.82) is 0 Å². The molecule has 0 N–H and O–H groups in total. The first-order valence-corrected chi connectivity index (χ1v) is 24.3. The van der Waals surface area contributed by atoms with Crippen LogP contribution in [0.5, 0.6) is 0 Å². The second kappa shape index (κ2) is 14.3. The number of benzene rings is 11. The van der Waals surface area contributed by atoms with Gasteiger partial charge in [0.25, 0.3) is 0 Å². The number of hydrogen-bond acceptors (Lipinski definition) is 4. The van der Waals surface area contributed by atoms with Gasteiger partial charge in [-0.2, -0.15) is 0 Å². The Morgan fingerprint density at radius 3 is 1.52 bits per heavy atom. The molecule has 0 unspecified atom stereocenters. The molecule has 2 aliphatic carbocycles. The quantitative estimate of drug-likeness (QED) is 0.173. The van der Waals surface area contributed by atoms with Gasteiger partial charge in [-0.3, -0.25) is 0 Å². The van der Waals surface area contributed by atoms with Crippen molar-refractivity contribution >= 4 is 82.9 Å². The molecule has 330 valence electrons. The summed E-state index contributed by atoms with van der Waals surface area (Å²) in [6.07, 6.45) is 0. The van der Waals surface area contributed by atoms with Gasteiger partial charge in [-0.05, 0) is 104 Å². The highest BCUT2D eigenvalue weighted by Gasteiger charge is 2.52. The van der Waals surface area contributed by atoms with Gasteiger partial charge in [-0.25, -0.2) is 0 Å². The molecule has 3 heterocycles. The fourth-order valence-corrected chi connectivity index (χ4v) is 12.7. The molecule has 16 rings (SSSR count). The van der Waals surface area contributed by atoms with E-state index in [0.29, 0.717) is 0 Å². The average molecular weight is 906 g/mol. The standard InChI is InChI=1S/C67H39NO3/c1-2-17-40(18-3-1)41-35-37-42(38-36-41)68(56-31-15-24-46-45-21-7-12-33-58(45)70-64(46)56)57-32-16-25-47-51-39-60-62(49-23-8-13-34-59(49)69-60)63(66(51)71-65(47)57)50-26-14-30-55-61(50)48-22-6-11-29-54(48)67(55)52-27-9-4-19-43(52)44-20-5-10-28-53(44)67/h1-39H. The molecule has 0 atom stereocenters. The highest BCUT2D eigenvalue weighted by atomic mass is 16.3. The van der Waals surface area contributed by atoms with Crippen LogP contribution in [0.2, 0.25) is 0 Å². The zero-order chi connectivity index (χ0) is 46.4. The van der Waals surface area contributed by atoms with Crippen molar-refractivity contribution in [3.8, 4) is 44.5 Å². The topological polar surface area (TPSA) is 42.7 Å². The van der Waals surface area contributed by atoms with Crippen molar-refractivity contribution in [1.82, 2.24) is 0 Å². The maximum Gasteiger partial charge on any atom is 0.159 e. The molecule has 14 aromatic rings. The van der Waals surface area contributed by atoms with E-state index in [9.17, 15) is 0 Å². The minimum absolute atomic E-state index is 0.504. The highest BCUT2D eigenvalue weighted by Crippen LogP contribution is 2.65. The molecule has 0 fully saturated rings. The molecule has 0 radical (unpaired) electrons. The van der Waals surface area contributed by atoms with Crippen molar-refractivity contribution < 1.29 is 13.3 Å². The van der Waals surface area contributed by atoms with Crippen molar-refractivity contribution in [3.05, 3.63) is 259 Å². The van der Waals surface area contributed by atoms with E-state index in [0.717, 1.165) is 105 Å². The van der Waals surface area contributed by atoms with Gasteiger partial charge in [0.1, 0.15) is 22.3 Å². The number of nitrogens with zero attached hydrogens (tertiary/aromatic N) is 1. The molecule has 2 aliphatic rings. The fraction of sp³-hybridized carbons (Fsp3) is 0.0149. The summed E-state index contributed by atoms with van der Waals surface area (Å²) in [5.74, 6) is 0. The summed E-state index contributed by atoms with van der Waals surface area (Å²) in [6.45, 7) is 0. The Kier molecular flexibility index (Phi) is 7.79. The summed E-state index contributed by atoms with van der Waals surface area (Å²) in [5, 5.41) is 6.19. The lowest BCUT2D eigenvalue weighted by atomic mass is 9.70. The lowest BCUT2D eigenvalue weighted by molar-refractivity contribution is 0.664. The average Bonchev–Trinajstić information content (AvgIpc) is 4.25. The number of fused-ring (bicyclic) bond motifs is 19. The Bertz CT molecular complexity index is 4490. The van der Waals surface area contributed by atoms with Crippen molar-refractivity contribution in [2.45, 2.75) is 5.41 Å². The van der Waals surface area contributed by atoms with Crippen LogP contribution in [0, 0.1) is 0 Å². The van der Waals surface area contributed by atoms with Gasteiger partial charge in [-0.1, -0.05) is 194 Å². The lowest BCUT2D eigenvalue weighted by Crippen LogP contribution is -2.25. The Labute approximate surface area is 407 Å². The van der Waals surface area contributed by atoms with Crippen LogP contribution in [0.3, 0.4) is 0 Å². The second-order valence-corrected chi connectivity index (χ2v) is 19.0. The Balaban J connectivity index is 1.00. The molecule has 4 nitrogen and oxygen atoms in total. The first-order chi connectivity index (χ1) is 35.2. The minimum atomic E-state index is -0.504. The maximum absolute atomic E-state index is 7.65. The summed E-state index contributed by atoms with van der Waals surface area (Å²) in [6, 6.07) is 85.1. The summed E-state index contributed by atoms with van der Waals surface area (Å²) in [7, 11) is 0. The van der Waals surface area contributed by atoms with Gasteiger partial charge in [0, 0.05) is 43.6 Å². The van der Waals surface area contributed by atoms with Gasteiger partial charge < -0.3 is 18.2 Å². The van der Waals surface area contributed by atoms with Crippen LogP contribution in [-0.4, -0.2) is 0 Å². The van der Waals surface area contributed by atoms with E-state index in [1.54, 1.807) is 0 Å². The Morgan fingerprint density at radius 2 is 0.803 bits per heavy atom. The van der Waals surface area contributed by atoms with E-state index in [1.165, 1.54) is 44.5 Å². The maximum atomic E-state index is 7.65. The molecular weight excluding hydrogens is 867 g/mol. The smallest absolute Gasteiger partial charge is 0.159 e. The first-order valence-electron chi connectivity index (χ1n) is 24.3. The van der Waals surface area contributed by atoms with Gasteiger partial charge in [0.15, 0.2) is 11.2 Å². The van der Waals surface area contributed by atoms with E-state index < -0.39 is 5.41 Å². The summed E-state index contributed by atoms with van der Waals surface area (Å²) >= 11 is 0. The highest BCUT2D eigenvalue weighted by molar-refractivity contribution is 6.26. The number of furan rings is 3. The monoisotopic (exact) mass is 905 g/mol. The number of hydrogen-bond donors (Lipinski definition) is 0. The van der Waals surface area contributed by atoms with E-state index in [4.69, 9.17) is 13.3 Å². The van der Waals surface area contributed by atoms with E-state index in [-0.39, 0.29) is 0 Å². The van der Waals surface area contributed by atoms with Crippen molar-refractivity contribution in [2.24, 2.45) is 0 Å². The summed E-state index contributed by atoms with van der Waals surface area (Å²) in [5.41, 5.74) is 21.8. The van der Waals surface area contributed by atoms with Crippen LogP contribution in [-0.2, 0) is 5.41 Å². The molecule has 0 saturated carbocycles. The molecule has 0 aliphatic heterocycles. The van der Waals surface area contributed by atoms with Gasteiger partial charge >= 0.3 is 0 Å². The number of anilines is 3. The molecule has 0 saturated heterocycles. The third-order valence-corrected chi connectivity index (χ3v) is 15.5. The molecule has 0 amide bonds. The second-order valence-electron chi connectivity index (χ2n) is 19.0. The van der Waals surface area contributed by atoms with Gasteiger partial charge in [-0.15, -0.1) is 0 Å². The molecule has 1 spiro atoms. The zero-order valence-corrected chi connectivity index (χ0v) is 38.2. The Hall–Kier alpha value is -9.38. The zero-order valence-electron chi connectivity index (χ0n) is 38.2. The van der Waals surface area contributed by atoms with Crippen LogP contribution in [0.15, 0.2) is 250 Å². The van der Waals surface area contributed by atoms with Crippen LogP contribution in [0.4, 0.5) is 17.1 Å². The van der Waals surface area contributed by atoms with Gasteiger partial charge in [0.2, 0.25) is 0 Å². The largest absolute Gasteiger partial charge is 0.456 e. The molecular formula is C67H39NO3. The first kappa shape index (κ1) is 38.6. The van der Waals surface area contributed by atoms with E-state index in [2.05, 4.69) is 229 Å². The van der Waals surface area contributed by atoms with Crippen molar-refractivity contribution in [3.63, 3.8) is 0 Å². The molecule has 11 aromatic carbocycles. The van der Waals surface area contributed by atoms with Crippen molar-refractivity contribution in [2.75, 3.05) is 4.90 Å². The van der Waals surface area contributed by atoms with Crippen LogP contribution >= 0.6 is 0 Å². The lowest BCUT2D eigenvalue weighted by Gasteiger charge is -2.30. The summed E-state index contributed by atoms with van der Waals surface area (Å²) < 4.78 is 21.3. The van der Waals surface area contributed by atoms with Crippen LogP contribution in [0.25, 0.3) is 110 Å². The normalized spacial score (nSPS) is 13.2. The number of para-hydroxylation sites is 4.